The molecule has 3 heterocycles. The summed E-state index contributed by atoms with van der Waals surface area (Å²) in [5, 5.41) is 10.4. The lowest BCUT2D eigenvalue weighted by atomic mass is 10.0. The Kier molecular flexibility index (Phi) is 2.91. The van der Waals surface area contributed by atoms with Crippen LogP contribution in [-0.2, 0) is 4.79 Å². The third kappa shape index (κ3) is 2.13. The molecular formula is C18H20N6O. The number of carbonyl (C=O) groups excluding carboxylic acids is 1. The maximum atomic E-state index is 13.0. The van der Waals surface area contributed by atoms with Crippen LogP contribution in [0.5, 0.6) is 0 Å². The van der Waals surface area contributed by atoms with Crippen molar-refractivity contribution in [2.75, 3.05) is 24.5 Å². The van der Waals surface area contributed by atoms with Gasteiger partial charge in [0, 0.05) is 31.4 Å². The van der Waals surface area contributed by atoms with E-state index in [4.69, 9.17) is 0 Å². The number of amides is 1. The van der Waals surface area contributed by atoms with Crippen LogP contribution < -0.4 is 4.90 Å². The van der Waals surface area contributed by atoms with E-state index in [0.717, 1.165) is 49.2 Å². The summed E-state index contributed by atoms with van der Waals surface area (Å²) >= 11 is 0. The molecule has 1 spiro atoms. The lowest BCUT2D eigenvalue weighted by Gasteiger charge is -2.31. The second kappa shape index (κ2) is 4.94. The Morgan fingerprint density at radius 2 is 2.00 bits per heavy atom. The molecule has 5 rings (SSSR count). The standard InChI is InChI=1S/C18H20N6O/c19-11-17(2-3-17)16(25)24-10-9-23(8-6-18(24)4-5-18)15-13-1-7-20-14(13)21-12-22-15/h1,7,12H,2-6,8-10H2,(H,20,21,22). The van der Waals surface area contributed by atoms with E-state index < -0.39 is 5.41 Å². The van der Waals surface area contributed by atoms with E-state index >= 15 is 0 Å². The first-order valence-electron chi connectivity index (χ1n) is 8.94. The van der Waals surface area contributed by atoms with E-state index in [-0.39, 0.29) is 11.4 Å². The number of H-pyrrole nitrogens is 1. The second-order valence-corrected chi connectivity index (χ2v) is 7.55. The molecule has 2 aliphatic carbocycles. The van der Waals surface area contributed by atoms with Crippen molar-refractivity contribution < 1.29 is 4.79 Å². The lowest BCUT2D eigenvalue weighted by Crippen LogP contribution is -2.46. The van der Waals surface area contributed by atoms with Gasteiger partial charge < -0.3 is 14.8 Å². The van der Waals surface area contributed by atoms with Gasteiger partial charge in [-0.25, -0.2) is 9.97 Å². The topological polar surface area (TPSA) is 88.9 Å². The molecule has 2 saturated carbocycles. The Hall–Kier alpha value is -2.62. The summed E-state index contributed by atoms with van der Waals surface area (Å²) in [6.45, 7) is 2.28. The molecule has 1 aliphatic heterocycles. The van der Waals surface area contributed by atoms with E-state index in [2.05, 4.69) is 25.9 Å². The van der Waals surface area contributed by atoms with Crippen LogP contribution in [0.4, 0.5) is 5.82 Å². The molecule has 2 aromatic rings. The SMILES string of the molecule is N#CC1(C(=O)N2CCN(c3ncnc4[nH]ccc34)CCC23CC3)CC1. The molecule has 7 heteroatoms. The molecule has 1 saturated heterocycles. The summed E-state index contributed by atoms with van der Waals surface area (Å²) in [6, 6.07) is 4.27. The highest BCUT2D eigenvalue weighted by Gasteiger charge is 2.59. The minimum atomic E-state index is -0.729. The second-order valence-electron chi connectivity index (χ2n) is 7.55. The average molecular weight is 336 g/mol. The van der Waals surface area contributed by atoms with Gasteiger partial charge in [-0.1, -0.05) is 0 Å². The van der Waals surface area contributed by atoms with Gasteiger partial charge in [0.2, 0.25) is 5.91 Å². The van der Waals surface area contributed by atoms with Crippen molar-refractivity contribution >= 4 is 22.8 Å². The summed E-state index contributed by atoms with van der Waals surface area (Å²) in [6.07, 6.45) is 7.94. The van der Waals surface area contributed by atoms with E-state index in [1.807, 2.05) is 17.2 Å². The first-order chi connectivity index (χ1) is 12.2. The molecule has 25 heavy (non-hydrogen) atoms. The molecule has 1 N–H and O–H groups in total. The number of nitrogens with one attached hydrogen (secondary N) is 1. The Balaban J connectivity index is 1.44. The van der Waals surface area contributed by atoms with Gasteiger partial charge in [0.05, 0.1) is 11.5 Å². The molecular weight excluding hydrogens is 316 g/mol. The number of fused-ring (bicyclic) bond motifs is 1. The average Bonchev–Trinajstić information content (AvgIpc) is 3.55. The Bertz CT molecular complexity index is 888. The molecule has 0 unspecified atom stereocenters. The first kappa shape index (κ1) is 14.7. The van der Waals surface area contributed by atoms with Gasteiger partial charge in [-0.2, -0.15) is 5.26 Å². The molecule has 2 aromatic heterocycles. The van der Waals surface area contributed by atoms with Crippen LogP contribution in [-0.4, -0.2) is 50.9 Å². The van der Waals surface area contributed by atoms with Crippen molar-refractivity contribution in [2.45, 2.75) is 37.6 Å². The van der Waals surface area contributed by atoms with E-state index in [1.165, 1.54) is 0 Å². The fourth-order valence-electron chi connectivity index (χ4n) is 4.11. The van der Waals surface area contributed by atoms with Gasteiger partial charge in [0.15, 0.2) is 0 Å². The summed E-state index contributed by atoms with van der Waals surface area (Å²) in [5.41, 5.74) is 0.0839. The number of hydrogen-bond acceptors (Lipinski definition) is 5. The van der Waals surface area contributed by atoms with Gasteiger partial charge in [-0.05, 0) is 38.2 Å². The third-order valence-electron chi connectivity index (χ3n) is 6.09. The zero-order chi connectivity index (χ0) is 17.1. The smallest absolute Gasteiger partial charge is 0.243 e. The minimum absolute atomic E-state index is 0.0252. The lowest BCUT2D eigenvalue weighted by molar-refractivity contribution is -0.138. The van der Waals surface area contributed by atoms with E-state index in [0.29, 0.717) is 19.4 Å². The maximum Gasteiger partial charge on any atom is 0.243 e. The van der Waals surface area contributed by atoms with Crippen molar-refractivity contribution in [3.8, 4) is 6.07 Å². The van der Waals surface area contributed by atoms with Crippen LogP contribution in [0.15, 0.2) is 18.6 Å². The van der Waals surface area contributed by atoms with Crippen molar-refractivity contribution in [3.63, 3.8) is 0 Å². The van der Waals surface area contributed by atoms with Gasteiger partial charge in [0.1, 0.15) is 23.2 Å². The van der Waals surface area contributed by atoms with Gasteiger partial charge in [0.25, 0.3) is 0 Å². The molecule has 7 nitrogen and oxygen atoms in total. The molecule has 1 amide bonds. The number of aromatic nitrogens is 3. The van der Waals surface area contributed by atoms with Gasteiger partial charge in [-0.3, -0.25) is 4.79 Å². The summed E-state index contributed by atoms with van der Waals surface area (Å²) in [4.78, 5) is 29.2. The number of nitriles is 1. The predicted molar refractivity (Wildman–Crippen MR) is 91.7 cm³/mol. The normalized spacial score (nSPS) is 23.3. The van der Waals surface area contributed by atoms with Crippen LogP contribution in [0.1, 0.15) is 32.1 Å². The summed E-state index contributed by atoms with van der Waals surface area (Å²) < 4.78 is 0. The maximum absolute atomic E-state index is 13.0. The Labute approximate surface area is 145 Å². The minimum Gasteiger partial charge on any atom is -0.354 e. The Morgan fingerprint density at radius 1 is 1.16 bits per heavy atom. The van der Waals surface area contributed by atoms with Gasteiger partial charge >= 0.3 is 0 Å². The highest BCUT2D eigenvalue weighted by molar-refractivity contribution is 5.90. The largest absolute Gasteiger partial charge is 0.354 e. The van der Waals surface area contributed by atoms with Gasteiger partial charge in [-0.15, -0.1) is 0 Å². The van der Waals surface area contributed by atoms with Crippen LogP contribution >= 0.6 is 0 Å². The number of anilines is 1. The van der Waals surface area contributed by atoms with Crippen LogP contribution in [0.25, 0.3) is 11.0 Å². The molecule has 0 bridgehead atoms. The van der Waals surface area contributed by atoms with E-state index in [9.17, 15) is 10.1 Å². The Morgan fingerprint density at radius 3 is 2.72 bits per heavy atom. The predicted octanol–water partition coefficient (Wildman–Crippen LogP) is 1.83. The zero-order valence-electron chi connectivity index (χ0n) is 14.0. The number of aromatic amines is 1. The monoisotopic (exact) mass is 336 g/mol. The number of hydrogen-bond donors (Lipinski definition) is 1. The third-order valence-corrected chi connectivity index (χ3v) is 6.09. The van der Waals surface area contributed by atoms with Crippen molar-refractivity contribution in [3.05, 3.63) is 18.6 Å². The number of nitrogens with zero attached hydrogens (tertiary/aromatic N) is 5. The van der Waals surface area contributed by atoms with Crippen LogP contribution in [0.3, 0.4) is 0 Å². The molecule has 128 valence electrons. The van der Waals surface area contributed by atoms with Crippen molar-refractivity contribution in [1.29, 1.82) is 5.26 Å². The fraction of sp³-hybridized carbons (Fsp3) is 0.556. The van der Waals surface area contributed by atoms with Crippen molar-refractivity contribution in [2.24, 2.45) is 5.41 Å². The first-order valence-corrected chi connectivity index (χ1v) is 8.94. The zero-order valence-corrected chi connectivity index (χ0v) is 14.0. The molecule has 3 aliphatic rings. The number of rotatable bonds is 2. The van der Waals surface area contributed by atoms with E-state index in [1.54, 1.807) is 6.33 Å². The highest BCUT2D eigenvalue weighted by atomic mass is 16.2. The fourth-order valence-corrected chi connectivity index (χ4v) is 4.11. The molecule has 0 atom stereocenters. The molecule has 0 aromatic carbocycles. The highest BCUT2D eigenvalue weighted by Crippen LogP contribution is 2.53. The van der Waals surface area contributed by atoms with Crippen molar-refractivity contribution in [1.82, 2.24) is 19.9 Å². The summed E-state index contributed by atoms with van der Waals surface area (Å²) in [7, 11) is 0. The quantitative estimate of drug-likeness (QED) is 0.904. The summed E-state index contributed by atoms with van der Waals surface area (Å²) in [5.74, 6) is 0.988. The molecule has 3 fully saturated rings. The molecule has 0 radical (unpaired) electrons. The number of carbonyl (C=O) groups is 1. The van der Waals surface area contributed by atoms with Crippen LogP contribution in [0.2, 0.25) is 0 Å². The van der Waals surface area contributed by atoms with Crippen LogP contribution in [0, 0.1) is 16.7 Å².